The Hall–Kier alpha value is -1.22. The van der Waals surface area contributed by atoms with Gasteiger partial charge in [-0.3, -0.25) is 4.79 Å². The van der Waals surface area contributed by atoms with E-state index in [0.717, 1.165) is 17.7 Å². The van der Waals surface area contributed by atoms with E-state index in [-0.39, 0.29) is 5.91 Å². The number of nitrogens with one attached hydrogen (secondary N) is 1. The van der Waals surface area contributed by atoms with Crippen molar-refractivity contribution in [1.82, 2.24) is 9.62 Å². The van der Waals surface area contributed by atoms with Gasteiger partial charge in [-0.05, 0) is 24.6 Å². The lowest BCUT2D eigenvalue weighted by atomic mass is 10.3. The fraction of sp³-hybridized carbons (Fsp3) is 0.533. The number of carbonyl (C=O) groups is 1. The zero-order valence-electron chi connectivity index (χ0n) is 13.2. The number of ether oxygens (including phenoxy) is 1. The van der Waals surface area contributed by atoms with E-state index in [9.17, 15) is 13.2 Å². The van der Waals surface area contributed by atoms with Crippen molar-refractivity contribution >= 4 is 27.3 Å². The van der Waals surface area contributed by atoms with Crippen LogP contribution in [0.1, 0.15) is 24.6 Å². The van der Waals surface area contributed by atoms with Crippen LogP contribution in [-0.2, 0) is 26.1 Å². The normalized spacial score (nSPS) is 16.7. The molecule has 23 heavy (non-hydrogen) atoms. The molecule has 1 fully saturated rings. The molecule has 1 N–H and O–H groups in total. The van der Waals surface area contributed by atoms with E-state index in [1.807, 2.05) is 13.0 Å². The number of thiophene rings is 1. The Kier molecular flexibility index (Phi) is 6.76. The van der Waals surface area contributed by atoms with Crippen LogP contribution in [0.3, 0.4) is 0 Å². The van der Waals surface area contributed by atoms with E-state index < -0.39 is 10.0 Å². The molecule has 1 aromatic rings. The summed E-state index contributed by atoms with van der Waals surface area (Å²) in [5, 5.41) is 2.76. The molecular weight excluding hydrogens is 336 g/mol. The van der Waals surface area contributed by atoms with Crippen LogP contribution in [0.25, 0.3) is 0 Å². The van der Waals surface area contributed by atoms with Gasteiger partial charge in [0, 0.05) is 18.0 Å². The average molecular weight is 358 g/mol. The van der Waals surface area contributed by atoms with E-state index >= 15 is 0 Å². The minimum atomic E-state index is -3.45. The van der Waals surface area contributed by atoms with Crippen molar-refractivity contribution in [2.75, 3.05) is 26.3 Å². The van der Waals surface area contributed by atoms with Gasteiger partial charge in [0.25, 0.3) is 10.0 Å². The topological polar surface area (TPSA) is 75.7 Å². The Morgan fingerprint density at radius 3 is 2.83 bits per heavy atom. The molecule has 6 nitrogen and oxygen atoms in total. The summed E-state index contributed by atoms with van der Waals surface area (Å²) in [7, 11) is -3.45. The lowest BCUT2D eigenvalue weighted by molar-refractivity contribution is -0.116. The summed E-state index contributed by atoms with van der Waals surface area (Å²) < 4.78 is 31.9. The molecule has 1 aliphatic rings. The van der Waals surface area contributed by atoms with Gasteiger partial charge in [-0.25, -0.2) is 8.42 Å². The number of sulfonamides is 1. The SMILES string of the molecule is CCC/C=C/C(=O)NCc1ccc(S(=O)(=O)N2CCOCC2)s1. The molecule has 0 radical (unpaired) electrons. The molecule has 0 aliphatic carbocycles. The van der Waals surface area contributed by atoms with Crippen molar-refractivity contribution in [2.45, 2.75) is 30.5 Å². The monoisotopic (exact) mass is 358 g/mol. The number of hydrogen-bond acceptors (Lipinski definition) is 5. The molecule has 1 aliphatic heterocycles. The Balaban J connectivity index is 1.93. The number of nitrogens with zero attached hydrogens (tertiary/aromatic N) is 1. The second kappa shape index (κ2) is 8.58. The summed E-state index contributed by atoms with van der Waals surface area (Å²) in [5.41, 5.74) is 0. The van der Waals surface area contributed by atoms with Crippen LogP contribution >= 0.6 is 11.3 Å². The standard InChI is InChI=1S/C15H22N2O4S2/c1-2-3-4-5-14(18)16-12-13-6-7-15(22-13)23(19,20)17-8-10-21-11-9-17/h4-7H,2-3,8-12H2,1H3,(H,16,18)/b5-4+. The van der Waals surface area contributed by atoms with Gasteiger partial charge in [-0.2, -0.15) is 4.31 Å². The lowest BCUT2D eigenvalue weighted by Gasteiger charge is -2.25. The number of hydrogen-bond donors (Lipinski definition) is 1. The third-order valence-corrected chi connectivity index (χ3v) is 6.81. The third-order valence-electron chi connectivity index (χ3n) is 3.36. The van der Waals surface area contributed by atoms with Crippen LogP contribution in [-0.4, -0.2) is 44.9 Å². The highest BCUT2D eigenvalue weighted by molar-refractivity contribution is 7.91. The number of morpholine rings is 1. The van der Waals surface area contributed by atoms with Crippen molar-refractivity contribution in [3.05, 3.63) is 29.2 Å². The fourth-order valence-electron chi connectivity index (χ4n) is 2.10. The van der Waals surface area contributed by atoms with Gasteiger partial charge in [0.1, 0.15) is 4.21 Å². The second-order valence-corrected chi connectivity index (χ2v) is 8.48. The molecule has 0 spiro atoms. The molecule has 0 aromatic carbocycles. The molecular formula is C15H22N2O4S2. The minimum absolute atomic E-state index is 0.163. The van der Waals surface area contributed by atoms with Crippen LogP contribution in [0.15, 0.2) is 28.5 Å². The van der Waals surface area contributed by atoms with Crippen molar-refractivity contribution < 1.29 is 17.9 Å². The summed E-state index contributed by atoms with van der Waals surface area (Å²) in [6.45, 7) is 4.00. The lowest BCUT2D eigenvalue weighted by Crippen LogP contribution is -2.40. The molecule has 1 amide bonds. The second-order valence-electron chi connectivity index (χ2n) is 5.15. The Morgan fingerprint density at radius 1 is 1.39 bits per heavy atom. The number of allylic oxidation sites excluding steroid dienone is 1. The number of rotatable bonds is 7. The number of carbonyl (C=O) groups excluding carboxylic acids is 1. The first kappa shape index (κ1) is 18.1. The molecule has 2 rings (SSSR count). The van der Waals surface area contributed by atoms with Gasteiger partial charge in [-0.1, -0.05) is 19.4 Å². The van der Waals surface area contributed by atoms with Gasteiger partial charge in [0.2, 0.25) is 5.91 Å². The van der Waals surface area contributed by atoms with Crippen LogP contribution in [0, 0.1) is 0 Å². The van der Waals surface area contributed by atoms with Crippen molar-refractivity contribution in [1.29, 1.82) is 0 Å². The molecule has 0 atom stereocenters. The van der Waals surface area contributed by atoms with E-state index in [4.69, 9.17) is 4.74 Å². The molecule has 1 aromatic heterocycles. The van der Waals surface area contributed by atoms with Crippen molar-refractivity contribution in [3.8, 4) is 0 Å². The zero-order chi connectivity index (χ0) is 16.7. The molecule has 0 unspecified atom stereocenters. The molecule has 1 saturated heterocycles. The van der Waals surface area contributed by atoms with Gasteiger partial charge < -0.3 is 10.1 Å². The van der Waals surface area contributed by atoms with E-state index in [1.54, 1.807) is 12.1 Å². The summed E-state index contributed by atoms with van der Waals surface area (Å²) in [4.78, 5) is 12.4. The highest BCUT2D eigenvalue weighted by Gasteiger charge is 2.27. The van der Waals surface area contributed by atoms with Crippen molar-refractivity contribution in [2.24, 2.45) is 0 Å². The quantitative estimate of drug-likeness (QED) is 0.754. The van der Waals surface area contributed by atoms with E-state index in [2.05, 4.69) is 5.32 Å². The first-order valence-electron chi connectivity index (χ1n) is 7.65. The predicted molar refractivity (Wildman–Crippen MR) is 89.8 cm³/mol. The van der Waals surface area contributed by atoms with Gasteiger partial charge in [-0.15, -0.1) is 11.3 Å². The van der Waals surface area contributed by atoms with E-state index in [1.165, 1.54) is 21.7 Å². The third kappa shape index (κ3) is 5.13. The van der Waals surface area contributed by atoms with Crippen LogP contribution in [0.4, 0.5) is 0 Å². The molecule has 128 valence electrons. The largest absolute Gasteiger partial charge is 0.379 e. The highest BCUT2D eigenvalue weighted by atomic mass is 32.2. The number of amides is 1. The molecule has 0 saturated carbocycles. The van der Waals surface area contributed by atoms with Crippen molar-refractivity contribution in [3.63, 3.8) is 0 Å². The van der Waals surface area contributed by atoms with Gasteiger partial charge in [0.05, 0.1) is 19.8 Å². The van der Waals surface area contributed by atoms with Crippen LogP contribution in [0.2, 0.25) is 0 Å². The van der Waals surface area contributed by atoms with Crippen LogP contribution < -0.4 is 5.32 Å². The predicted octanol–water partition coefficient (Wildman–Crippen LogP) is 1.74. The minimum Gasteiger partial charge on any atom is -0.379 e. The maximum Gasteiger partial charge on any atom is 0.252 e. The molecule has 2 heterocycles. The maximum absolute atomic E-state index is 12.5. The fourth-order valence-corrected chi connectivity index (χ4v) is 4.95. The van der Waals surface area contributed by atoms with E-state index in [0.29, 0.717) is 37.1 Å². The Bertz CT molecular complexity index is 646. The Labute approximate surface area is 141 Å². The molecule has 0 bridgehead atoms. The first-order valence-corrected chi connectivity index (χ1v) is 9.90. The van der Waals surface area contributed by atoms with Crippen LogP contribution in [0.5, 0.6) is 0 Å². The summed E-state index contributed by atoms with van der Waals surface area (Å²) in [5.74, 6) is -0.163. The smallest absolute Gasteiger partial charge is 0.252 e. The van der Waals surface area contributed by atoms with Gasteiger partial charge in [0.15, 0.2) is 0 Å². The van der Waals surface area contributed by atoms with Gasteiger partial charge >= 0.3 is 0 Å². The summed E-state index contributed by atoms with van der Waals surface area (Å²) in [6.07, 6.45) is 5.21. The number of unbranched alkanes of at least 4 members (excludes halogenated alkanes) is 1. The first-order chi connectivity index (χ1) is 11.0. The zero-order valence-corrected chi connectivity index (χ0v) is 14.8. The molecule has 8 heteroatoms. The Morgan fingerprint density at radius 2 is 2.13 bits per heavy atom. The average Bonchev–Trinajstić information content (AvgIpc) is 3.04. The summed E-state index contributed by atoms with van der Waals surface area (Å²) in [6, 6.07) is 3.35. The summed E-state index contributed by atoms with van der Waals surface area (Å²) >= 11 is 1.19. The maximum atomic E-state index is 12.5. The highest BCUT2D eigenvalue weighted by Crippen LogP contribution is 2.25.